The maximum Gasteiger partial charge on any atom is 0.148 e. The minimum atomic E-state index is -3.07. The summed E-state index contributed by atoms with van der Waals surface area (Å²) in [6.45, 7) is 2.14. The van der Waals surface area contributed by atoms with Crippen molar-refractivity contribution in [3.8, 4) is 0 Å². The normalized spacial score (nSPS) is 27.1. The molecule has 0 aliphatic heterocycles. The van der Waals surface area contributed by atoms with Crippen molar-refractivity contribution in [1.29, 1.82) is 0 Å². The molecule has 1 aromatic carbocycles. The van der Waals surface area contributed by atoms with Gasteiger partial charge in [-0.1, -0.05) is 31.2 Å². The van der Waals surface area contributed by atoms with E-state index in [1.165, 1.54) is 17.4 Å². The van der Waals surface area contributed by atoms with Crippen molar-refractivity contribution in [2.75, 3.05) is 24.8 Å². The number of rotatable bonds is 5. The molecule has 0 amide bonds. The summed E-state index contributed by atoms with van der Waals surface area (Å²) in [6, 6.07) is 8.26. The monoisotopic (exact) mass is 329 g/mol. The van der Waals surface area contributed by atoms with Crippen LogP contribution in [0.3, 0.4) is 0 Å². The first-order chi connectivity index (χ1) is 9.83. The molecule has 1 aliphatic rings. The van der Waals surface area contributed by atoms with E-state index in [-0.39, 0.29) is 22.8 Å². The molecule has 0 heterocycles. The van der Waals surface area contributed by atoms with Crippen LogP contribution in [0.15, 0.2) is 24.3 Å². The molecule has 4 atom stereocenters. The predicted molar refractivity (Wildman–Crippen MR) is 87.8 cm³/mol. The molecular weight excluding hydrogens is 306 g/mol. The van der Waals surface area contributed by atoms with E-state index in [1.54, 1.807) is 0 Å². The highest BCUT2D eigenvalue weighted by atomic mass is 32.2. The van der Waals surface area contributed by atoms with Gasteiger partial charge in [0.05, 0.1) is 11.0 Å². The lowest BCUT2D eigenvalue weighted by Crippen LogP contribution is -2.39. The summed E-state index contributed by atoms with van der Waals surface area (Å²) in [6.07, 6.45) is 2.01. The summed E-state index contributed by atoms with van der Waals surface area (Å²) < 4.78 is 35.1. The summed E-state index contributed by atoms with van der Waals surface area (Å²) in [5.41, 5.74) is 2.49. The van der Waals surface area contributed by atoms with Crippen molar-refractivity contribution in [3.63, 3.8) is 0 Å². The van der Waals surface area contributed by atoms with Crippen LogP contribution in [-0.2, 0) is 20.6 Å². The topological polar surface area (TPSA) is 63.2 Å². The molecule has 6 heteroatoms. The van der Waals surface area contributed by atoms with Crippen molar-refractivity contribution in [2.45, 2.75) is 30.6 Å². The summed E-state index contributed by atoms with van der Waals surface area (Å²) in [7, 11) is -2.35. The fourth-order valence-electron chi connectivity index (χ4n) is 3.04. The van der Waals surface area contributed by atoms with Gasteiger partial charge in [-0.15, -0.1) is 0 Å². The van der Waals surface area contributed by atoms with Gasteiger partial charge in [0.1, 0.15) is 9.84 Å². The molecular formula is C15H23NO3S2. The molecule has 0 aromatic heterocycles. The predicted octanol–water partition coefficient (Wildman–Crippen LogP) is 1.62. The van der Waals surface area contributed by atoms with Gasteiger partial charge < -0.3 is 5.32 Å². The van der Waals surface area contributed by atoms with Crippen molar-refractivity contribution < 1.29 is 12.6 Å². The third kappa shape index (κ3) is 3.93. The molecule has 0 fully saturated rings. The quantitative estimate of drug-likeness (QED) is 0.891. The van der Waals surface area contributed by atoms with Crippen LogP contribution in [0.4, 0.5) is 0 Å². The fraction of sp³-hybridized carbons (Fsp3) is 0.600. The lowest BCUT2D eigenvalue weighted by atomic mass is 9.81. The number of nitrogens with one attached hydrogen (secondary N) is 1. The first-order valence-electron chi connectivity index (χ1n) is 7.14. The van der Waals surface area contributed by atoms with E-state index in [4.69, 9.17) is 0 Å². The van der Waals surface area contributed by atoms with Gasteiger partial charge in [-0.05, 0) is 30.5 Å². The Bertz CT molecular complexity index is 628. The molecule has 0 radical (unpaired) electrons. The highest BCUT2D eigenvalue weighted by molar-refractivity contribution is 7.92. The second-order valence-corrected chi connectivity index (χ2v) is 9.82. The second kappa shape index (κ2) is 6.58. The smallest absolute Gasteiger partial charge is 0.148 e. The molecule has 0 spiro atoms. The molecule has 0 saturated carbocycles. The molecule has 21 heavy (non-hydrogen) atoms. The van der Waals surface area contributed by atoms with Crippen LogP contribution in [0, 0.1) is 0 Å². The fourth-order valence-corrected chi connectivity index (χ4v) is 6.30. The zero-order chi connectivity index (χ0) is 15.6. The van der Waals surface area contributed by atoms with Crippen molar-refractivity contribution in [2.24, 2.45) is 0 Å². The second-order valence-electron chi connectivity index (χ2n) is 5.79. The Labute approximate surface area is 129 Å². The van der Waals surface area contributed by atoms with Gasteiger partial charge in [0.2, 0.25) is 0 Å². The third-order valence-corrected chi connectivity index (χ3v) is 7.07. The number of fused-ring (bicyclic) bond motifs is 1. The largest absolute Gasteiger partial charge is 0.312 e. The zero-order valence-electron chi connectivity index (χ0n) is 12.7. The summed E-state index contributed by atoms with van der Waals surface area (Å²) in [5, 5.41) is 3.23. The molecule has 2 rings (SSSR count). The van der Waals surface area contributed by atoms with Crippen molar-refractivity contribution in [3.05, 3.63) is 35.4 Å². The summed E-state index contributed by atoms with van der Waals surface area (Å²) in [4.78, 5) is 0. The molecule has 0 bridgehead atoms. The number of hydrogen-bond donors (Lipinski definition) is 1. The highest BCUT2D eigenvalue weighted by Gasteiger charge is 2.35. The van der Waals surface area contributed by atoms with Crippen LogP contribution in [0.2, 0.25) is 0 Å². The maximum atomic E-state index is 12.6. The van der Waals surface area contributed by atoms with E-state index >= 15 is 0 Å². The van der Waals surface area contributed by atoms with Crippen LogP contribution in [0.25, 0.3) is 0 Å². The van der Waals surface area contributed by atoms with Crippen LogP contribution in [-0.4, -0.2) is 42.7 Å². The first kappa shape index (κ1) is 16.6. The third-order valence-electron chi connectivity index (χ3n) is 4.12. The number of benzene rings is 1. The Kier molecular flexibility index (Phi) is 5.22. The van der Waals surface area contributed by atoms with Crippen molar-refractivity contribution in [1.82, 2.24) is 5.32 Å². The van der Waals surface area contributed by atoms with Crippen LogP contribution >= 0.6 is 0 Å². The van der Waals surface area contributed by atoms with E-state index in [0.29, 0.717) is 5.92 Å². The molecule has 4 unspecified atom stereocenters. The van der Waals surface area contributed by atoms with E-state index in [9.17, 15) is 12.6 Å². The van der Waals surface area contributed by atoms with Gasteiger partial charge in [-0.3, -0.25) is 4.21 Å². The van der Waals surface area contributed by atoms with Gasteiger partial charge in [0.25, 0.3) is 0 Å². The van der Waals surface area contributed by atoms with E-state index in [1.807, 2.05) is 19.2 Å². The molecule has 0 saturated heterocycles. The Balaban J connectivity index is 2.23. The maximum absolute atomic E-state index is 12.6. The minimum absolute atomic E-state index is 0.0113. The van der Waals surface area contributed by atoms with Gasteiger partial charge in [0.15, 0.2) is 0 Å². The van der Waals surface area contributed by atoms with Gasteiger partial charge in [-0.25, -0.2) is 8.42 Å². The average molecular weight is 329 g/mol. The van der Waals surface area contributed by atoms with E-state index < -0.39 is 20.6 Å². The van der Waals surface area contributed by atoms with E-state index in [2.05, 4.69) is 24.4 Å². The van der Waals surface area contributed by atoms with Gasteiger partial charge >= 0.3 is 0 Å². The standard InChI is InChI=1S/C15H23NO3S2/c1-11-10-14(20(17)8-9-21(3,18)19)15(16-2)13-7-5-4-6-12(11)13/h4-7,11,14-16H,8-10H2,1-3H3. The molecule has 118 valence electrons. The SMILES string of the molecule is CNC1c2ccccc2C(C)CC1S(=O)CCS(C)(=O)=O. The zero-order valence-corrected chi connectivity index (χ0v) is 14.3. The number of hydrogen-bond acceptors (Lipinski definition) is 4. The molecule has 1 N–H and O–H groups in total. The summed E-state index contributed by atoms with van der Waals surface area (Å²) in [5.74, 6) is 0.553. The average Bonchev–Trinajstić information content (AvgIpc) is 2.44. The van der Waals surface area contributed by atoms with E-state index in [0.717, 1.165) is 6.42 Å². The molecule has 1 aromatic rings. The van der Waals surface area contributed by atoms with Crippen LogP contribution in [0.1, 0.15) is 36.4 Å². The van der Waals surface area contributed by atoms with Crippen LogP contribution < -0.4 is 5.32 Å². The lowest BCUT2D eigenvalue weighted by Gasteiger charge is -2.36. The minimum Gasteiger partial charge on any atom is -0.312 e. The highest BCUT2D eigenvalue weighted by Crippen LogP contribution is 2.39. The van der Waals surface area contributed by atoms with Gasteiger partial charge in [-0.2, -0.15) is 0 Å². The number of sulfone groups is 1. The molecule has 4 nitrogen and oxygen atoms in total. The molecule has 1 aliphatic carbocycles. The Morgan fingerprint density at radius 1 is 1.29 bits per heavy atom. The van der Waals surface area contributed by atoms with Crippen LogP contribution in [0.5, 0.6) is 0 Å². The Morgan fingerprint density at radius 2 is 1.90 bits per heavy atom. The summed E-state index contributed by atoms with van der Waals surface area (Å²) >= 11 is 0. The first-order valence-corrected chi connectivity index (χ1v) is 10.6. The Morgan fingerprint density at radius 3 is 2.48 bits per heavy atom. The Hall–Kier alpha value is -0.720. The van der Waals surface area contributed by atoms with Gasteiger partial charge in [0, 0.05) is 28.9 Å². The van der Waals surface area contributed by atoms with Crippen molar-refractivity contribution >= 4 is 20.6 Å². The lowest BCUT2D eigenvalue weighted by molar-refractivity contribution is 0.463.